The number of benzene rings is 1. The van der Waals surface area contributed by atoms with Gasteiger partial charge in [0.15, 0.2) is 0 Å². The van der Waals surface area contributed by atoms with E-state index in [2.05, 4.69) is 0 Å². The van der Waals surface area contributed by atoms with Gasteiger partial charge in [-0.15, -0.1) is 0 Å². The predicted octanol–water partition coefficient (Wildman–Crippen LogP) is 2.16. The van der Waals surface area contributed by atoms with Gasteiger partial charge in [-0.1, -0.05) is 12.2 Å². The summed E-state index contributed by atoms with van der Waals surface area (Å²) in [6.45, 7) is 0.571. The number of carbonyl (C=O) groups is 1. The first-order chi connectivity index (χ1) is 8.24. The fourth-order valence-electron chi connectivity index (χ4n) is 2.66. The molecule has 0 spiro atoms. The standard InChI is InChI=1S/C14H14O3/c15-11-2-4-12(5-3-11)17-8-10-7-9-1-6-13(10)14(9)16/h1-6,9-10,13,15H,7-8H2. The van der Waals surface area contributed by atoms with Gasteiger partial charge in [-0.25, -0.2) is 0 Å². The van der Waals surface area contributed by atoms with Crippen LogP contribution in [0.4, 0.5) is 0 Å². The molecule has 3 rings (SSSR count). The van der Waals surface area contributed by atoms with Crippen molar-refractivity contribution in [3.05, 3.63) is 36.4 Å². The summed E-state index contributed by atoms with van der Waals surface area (Å²) >= 11 is 0. The van der Waals surface area contributed by atoms with Crippen LogP contribution in [0.15, 0.2) is 36.4 Å². The molecule has 0 aliphatic heterocycles. The molecule has 0 aromatic heterocycles. The summed E-state index contributed by atoms with van der Waals surface area (Å²) in [6.07, 6.45) is 4.95. The Hall–Kier alpha value is -1.77. The Morgan fingerprint density at radius 1 is 1.24 bits per heavy atom. The number of phenolic OH excluding ortho intramolecular Hbond substituents is 1. The minimum Gasteiger partial charge on any atom is -0.508 e. The third-order valence-corrected chi connectivity index (χ3v) is 3.61. The molecule has 0 radical (unpaired) electrons. The molecule has 0 amide bonds. The zero-order chi connectivity index (χ0) is 11.8. The number of phenols is 1. The third kappa shape index (κ3) is 1.82. The summed E-state index contributed by atoms with van der Waals surface area (Å²) in [5.74, 6) is 1.83. The van der Waals surface area contributed by atoms with Crippen molar-refractivity contribution in [3.8, 4) is 11.5 Å². The number of allylic oxidation sites excluding steroid dienone is 2. The van der Waals surface area contributed by atoms with Gasteiger partial charge in [0.1, 0.15) is 17.3 Å². The Balaban J connectivity index is 1.61. The number of fused-ring (bicyclic) bond motifs is 2. The van der Waals surface area contributed by atoms with Crippen LogP contribution < -0.4 is 4.74 Å². The van der Waals surface area contributed by atoms with Crippen molar-refractivity contribution in [2.24, 2.45) is 17.8 Å². The van der Waals surface area contributed by atoms with Crippen LogP contribution >= 0.6 is 0 Å². The molecule has 2 aliphatic carbocycles. The molecule has 1 aromatic rings. The molecule has 1 saturated carbocycles. The highest BCUT2D eigenvalue weighted by atomic mass is 16.5. The number of hydrogen-bond donors (Lipinski definition) is 1. The molecule has 17 heavy (non-hydrogen) atoms. The molecule has 1 N–H and O–H groups in total. The molecule has 2 aliphatic rings. The second kappa shape index (κ2) is 3.91. The predicted molar refractivity (Wildman–Crippen MR) is 62.8 cm³/mol. The summed E-state index contributed by atoms with van der Waals surface area (Å²) in [7, 11) is 0. The Morgan fingerprint density at radius 3 is 2.59 bits per heavy atom. The molecule has 2 bridgehead atoms. The minimum atomic E-state index is 0.0668. The highest BCUT2D eigenvalue weighted by Gasteiger charge is 2.43. The molecule has 0 heterocycles. The van der Waals surface area contributed by atoms with E-state index in [1.807, 2.05) is 12.2 Å². The monoisotopic (exact) mass is 230 g/mol. The van der Waals surface area contributed by atoms with Crippen molar-refractivity contribution < 1.29 is 14.6 Å². The maximum Gasteiger partial charge on any atom is 0.146 e. The average Bonchev–Trinajstić information content (AvgIpc) is 2.84. The quantitative estimate of drug-likeness (QED) is 0.809. The third-order valence-electron chi connectivity index (χ3n) is 3.61. The van der Waals surface area contributed by atoms with E-state index >= 15 is 0 Å². The fourth-order valence-corrected chi connectivity index (χ4v) is 2.66. The van der Waals surface area contributed by atoms with Gasteiger partial charge in [-0.05, 0) is 30.7 Å². The van der Waals surface area contributed by atoms with E-state index in [9.17, 15) is 4.79 Å². The van der Waals surface area contributed by atoms with Gasteiger partial charge in [-0.3, -0.25) is 4.79 Å². The number of Topliss-reactive ketones (excluding diaryl/α,β-unsaturated/α-hetero) is 1. The Kier molecular flexibility index (Phi) is 2.39. The van der Waals surface area contributed by atoms with E-state index < -0.39 is 0 Å². The number of hydrogen-bond acceptors (Lipinski definition) is 3. The summed E-state index contributed by atoms with van der Waals surface area (Å²) < 4.78 is 5.65. The van der Waals surface area contributed by atoms with Crippen LogP contribution in [-0.4, -0.2) is 17.5 Å². The molecule has 3 unspecified atom stereocenters. The zero-order valence-electron chi connectivity index (χ0n) is 9.37. The number of carbonyl (C=O) groups excluding carboxylic acids is 1. The van der Waals surface area contributed by atoms with Gasteiger partial charge in [-0.2, -0.15) is 0 Å². The lowest BCUT2D eigenvalue weighted by Gasteiger charge is -2.17. The van der Waals surface area contributed by atoms with E-state index in [1.165, 1.54) is 0 Å². The summed E-state index contributed by atoms with van der Waals surface area (Å²) in [5, 5.41) is 9.15. The fraction of sp³-hybridized carbons (Fsp3) is 0.357. The van der Waals surface area contributed by atoms with E-state index in [-0.39, 0.29) is 17.6 Å². The molecule has 0 saturated heterocycles. The number of ether oxygens (including phenoxy) is 1. The first-order valence-corrected chi connectivity index (χ1v) is 5.88. The van der Waals surface area contributed by atoms with Crippen molar-refractivity contribution in [2.45, 2.75) is 6.42 Å². The van der Waals surface area contributed by atoms with Gasteiger partial charge in [0.25, 0.3) is 0 Å². The normalized spacial score (nSPS) is 29.9. The topological polar surface area (TPSA) is 46.5 Å². The molecule has 3 atom stereocenters. The molecule has 3 nitrogen and oxygen atoms in total. The molecular weight excluding hydrogens is 216 g/mol. The Morgan fingerprint density at radius 2 is 2.00 bits per heavy atom. The van der Waals surface area contributed by atoms with Gasteiger partial charge < -0.3 is 9.84 Å². The van der Waals surface area contributed by atoms with Crippen molar-refractivity contribution in [3.63, 3.8) is 0 Å². The lowest BCUT2D eigenvalue weighted by atomic mass is 9.94. The van der Waals surface area contributed by atoms with E-state index in [4.69, 9.17) is 9.84 Å². The van der Waals surface area contributed by atoms with Crippen molar-refractivity contribution in [1.82, 2.24) is 0 Å². The van der Waals surface area contributed by atoms with Crippen LogP contribution in [0.25, 0.3) is 0 Å². The molecule has 88 valence electrons. The summed E-state index contributed by atoms with van der Waals surface area (Å²) in [5.41, 5.74) is 0. The first-order valence-electron chi connectivity index (χ1n) is 5.88. The second-order valence-electron chi connectivity index (χ2n) is 4.72. The summed E-state index contributed by atoms with van der Waals surface area (Å²) in [6, 6.07) is 6.67. The van der Waals surface area contributed by atoms with Crippen molar-refractivity contribution >= 4 is 5.78 Å². The average molecular weight is 230 g/mol. The molecule has 3 heteroatoms. The van der Waals surface area contributed by atoms with Crippen LogP contribution in [0.2, 0.25) is 0 Å². The van der Waals surface area contributed by atoms with Gasteiger partial charge >= 0.3 is 0 Å². The second-order valence-corrected chi connectivity index (χ2v) is 4.72. The van der Waals surface area contributed by atoms with Crippen molar-refractivity contribution in [1.29, 1.82) is 0 Å². The zero-order valence-corrected chi connectivity index (χ0v) is 9.37. The van der Waals surface area contributed by atoms with Gasteiger partial charge in [0.05, 0.1) is 6.61 Å². The number of rotatable bonds is 3. The Bertz CT molecular complexity index is 461. The number of aromatic hydroxyl groups is 1. The number of ketones is 1. The van der Waals surface area contributed by atoms with E-state index in [0.29, 0.717) is 18.3 Å². The van der Waals surface area contributed by atoms with Gasteiger partial charge in [0, 0.05) is 17.8 Å². The smallest absolute Gasteiger partial charge is 0.146 e. The maximum absolute atomic E-state index is 11.7. The highest BCUT2D eigenvalue weighted by molar-refractivity contribution is 5.91. The Labute approximate surface area is 99.7 Å². The van der Waals surface area contributed by atoms with Crippen LogP contribution in [-0.2, 0) is 4.79 Å². The molecular formula is C14H14O3. The summed E-state index contributed by atoms with van der Waals surface area (Å²) in [4.78, 5) is 11.7. The van der Waals surface area contributed by atoms with Crippen LogP contribution in [0.3, 0.4) is 0 Å². The van der Waals surface area contributed by atoms with Gasteiger partial charge in [0.2, 0.25) is 0 Å². The largest absolute Gasteiger partial charge is 0.508 e. The van der Waals surface area contributed by atoms with Crippen LogP contribution in [0.1, 0.15) is 6.42 Å². The maximum atomic E-state index is 11.7. The van der Waals surface area contributed by atoms with Crippen molar-refractivity contribution in [2.75, 3.05) is 6.61 Å². The molecule has 1 fully saturated rings. The van der Waals surface area contributed by atoms with Crippen LogP contribution in [0.5, 0.6) is 11.5 Å². The first kappa shape index (κ1) is 10.4. The lowest BCUT2D eigenvalue weighted by molar-refractivity contribution is -0.121. The molecule has 1 aromatic carbocycles. The van der Waals surface area contributed by atoms with E-state index in [0.717, 1.165) is 12.2 Å². The SMILES string of the molecule is O=C1C2C=CC1C(COc1ccc(O)cc1)C2. The van der Waals surface area contributed by atoms with E-state index in [1.54, 1.807) is 24.3 Å². The lowest BCUT2D eigenvalue weighted by Crippen LogP contribution is -2.18. The van der Waals surface area contributed by atoms with Crippen LogP contribution in [0, 0.1) is 17.8 Å². The minimum absolute atomic E-state index is 0.0668. The highest BCUT2D eigenvalue weighted by Crippen LogP contribution is 2.40.